The van der Waals surface area contributed by atoms with E-state index in [1.54, 1.807) is 30.5 Å². The lowest BCUT2D eigenvalue weighted by Gasteiger charge is -2.34. The van der Waals surface area contributed by atoms with E-state index in [0.29, 0.717) is 37.1 Å². The van der Waals surface area contributed by atoms with E-state index < -0.39 is 10.0 Å². The average molecular weight is 457 g/mol. The zero-order valence-electron chi connectivity index (χ0n) is 17.4. The van der Waals surface area contributed by atoms with Crippen molar-refractivity contribution in [2.75, 3.05) is 43.4 Å². The number of hydrogen-bond acceptors (Lipinski definition) is 7. The monoisotopic (exact) mass is 456 g/mol. The Bertz CT molecular complexity index is 1250. The van der Waals surface area contributed by atoms with E-state index in [9.17, 15) is 18.0 Å². The van der Waals surface area contributed by atoms with Gasteiger partial charge in [-0.05, 0) is 24.3 Å². The highest BCUT2D eigenvalue weighted by Gasteiger charge is 2.27. The Labute approximate surface area is 185 Å². The quantitative estimate of drug-likeness (QED) is 0.534. The minimum absolute atomic E-state index is 0.000245. The van der Waals surface area contributed by atoms with Crippen molar-refractivity contribution in [1.29, 1.82) is 0 Å². The number of nitrogens with zero attached hydrogens (tertiary/aromatic N) is 5. The maximum absolute atomic E-state index is 12.7. The number of nitrogens with one attached hydrogen (secondary N) is 1. The molecule has 1 aliphatic rings. The first-order valence-electron chi connectivity index (χ1n) is 10.3. The maximum atomic E-state index is 12.7. The van der Waals surface area contributed by atoms with Gasteiger partial charge >= 0.3 is 0 Å². The SMILES string of the molecule is O=C(Cn1ncc(=O)c2ccccc21)NCCS(=O)(=O)N1CCN(c2ccccn2)CC1. The lowest BCUT2D eigenvalue weighted by molar-refractivity contribution is -0.121. The summed E-state index contributed by atoms with van der Waals surface area (Å²) in [6, 6.07) is 12.5. The van der Waals surface area contributed by atoms with Crippen LogP contribution in [0.2, 0.25) is 0 Å². The van der Waals surface area contributed by atoms with Crippen LogP contribution in [0.4, 0.5) is 5.82 Å². The topological polar surface area (TPSA) is 117 Å². The number of benzene rings is 1. The molecule has 1 N–H and O–H groups in total. The number of carbonyl (C=O) groups excluding carboxylic acids is 1. The summed E-state index contributed by atoms with van der Waals surface area (Å²) in [6.45, 7) is 1.77. The minimum atomic E-state index is -3.49. The number of aromatic nitrogens is 3. The van der Waals surface area contributed by atoms with Crippen LogP contribution < -0.4 is 15.6 Å². The Kier molecular flexibility index (Phi) is 6.47. The molecule has 0 unspecified atom stereocenters. The van der Waals surface area contributed by atoms with E-state index in [0.717, 1.165) is 5.82 Å². The van der Waals surface area contributed by atoms with Crippen LogP contribution in [0.5, 0.6) is 0 Å². The van der Waals surface area contributed by atoms with Gasteiger partial charge in [-0.2, -0.15) is 9.40 Å². The zero-order chi connectivity index (χ0) is 22.6. The molecule has 4 rings (SSSR count). The molecule has 3 heterocycles. The van der Waals surface area contributed by atoms with Gasteiger partial charge in [-0.15, -0.1) is 0 Å². The van der Waals surface area contributed by atoms with Gasteiger partial charge < -0.3 is 10.2 Å². The van der Waals surface area contributed by atoms with Crippen molar-refractivity contribution in [3.63, 3.8) is 0 Å². The standard InChI is InChI=1S/C21H24N6O4S/c28-19-15-24-27(18-6-2-1-5-17(18)19)16-21(29)23-9-14-32(30,31)26-12-10-25(11-13-26)20-7-3-4-8-22-20/h1-8,15H,9-14,16H2,(H,23,29). The van der Waals surface area contributed by atoms with Crippen LogP contribution in [0, 0.1) is 0 Å². The molecule has 0 spiro atoms. The number of piperazine rings is 1. The second-order valence-electron chi connectivity index (χ2n) is 7.42. The first-order chi connectivity index (χ1) is 15.4. The van der Waals surface area contributed by atoms with Gasteiger partial charge in [0, 0.05) is 44.3 Å². The van der Waals surface area contributed by atoms with Gasteiger partial charge in [-0.3, -0.25) is 14.3 Å². The van der Waals surface area contributed by atoms with Crippen LogP contribution >= 0.6 is 0 Å². The van der Waals surface area contributed by atoms with Crippen LogP contribution in [-0.2, 0) is 21.4 Å². The largest absolute Gasteiger partial charge is 0.354 e. The van der Waals surface area contributed by atoms with E-state index in [1.807, 2.05) is 18.2 Å². The van der Waals surface area contributed by atoms with Crippen molar-refractivity contribution in [3.8, 4) is 0 Å². The Morgan fingerprint density at radius 1 is 1.03 bits per heavy atom. The summed E-state index contributed by atoms with van der Waals surface area (Å²) in [4.78, 5) is 30.6. The number of anilines is 1. The number of sulfonamides is 1. The van der Waals surface area contributed by atoms with Crippen LogP contribution in [-0.4, -0.2) is 71.9 Å². The molecular weight excluding hydrogens is 432 g/mol. The molecule has 1 fully saturated rings. The summed E-state index contributed by atoms with van der Waals surface area (Å²) < 4.78 is 28.2. The summed E-state index contributed by atoms with van der Waals surface area (Å²) in [6.07, 6.45) is 2.89. The molecule has 2 aromatic heterocycles. The fourth-order valence-corrected chi connectivity index (χ4v) is 5.00. The molecule has 10 nitrogen and oxygen atoms in total. The second kappa shape index (κ2) is 9.45. The van der Waals surface area contributed by atoms with E-state index >= 15 is 0 Å². The average Bonchev–Trinajstić information content (AvgIpc) is 2.82. The van der Waals surface area contributed by atoms with Crippen molar-refractivity contribution in [2.45, 2.75) is 6.54 Å². The van der Waals surface area contributed by atoms with Gasteiger partial charge in [0.1, 0.15) is 12.4 Å². The number of pyridine rings is 1. The van der Waals surface area contributed by atoms with Crippen LogP contribution in [0.3, 0.4) is 0 Å². The molecule has 32 heavy (non-hydrogen) atoms. The van der Waals surface area contributed by atoms with Gasteiger partial charge in [0.2, 0.25) is 21.4 Å². The van der Waals surface area contributed by atoms with Gasteiger partial charge in [-0.25, -0.2) is 13.4 Å². The molecular formula is C21H24N6O4S. The summed E-state index contributed by atoms with van der Waals surface area (Å²) in [7, 11) is -3.49. The van der Waals surface area contributed by atoms with Crippen molar-refractivity contribution >= 4 is 32.7 Å². The van der Waals surface area contributed by atoms with E-state index in [4.69, 9.17) is 0 Å². The van der Waals surface area contributed by atoms with Crippen molar-refractivity contribution < 1.29 is 13.2 Å². The molecule has 0 atom stereocenters. The Morgan fingerprint density at radius 2 is 1.78 bits per heavy atom. The summed E-state index contributed by atoms with van der Waals surface area (Å²) in [5.41, 5.74) is 0.333. The fourth-order valence-electron chi connectivity index (χ4n) is 3.66. The number of rotatable bonds is 7. The van der Waals surface area contributed by atoms with Crippen LogP contribution in [0.15, 0.2) is 59.7 Å². The molecule has 1 aliphatic heterocycles. The highest BCUT2D eigenvalue weighted by atomic mass is 32.2. The second-order valence-corrected chi connectivity index (χ2v) is 9.51. The van der Waals surface area contributed by atoms with Crippen molar-refractivity contribution in [3.05, 3.63) is 65.1 Å². The third kappa shape index (κ3) is 4.94. The Morgan fingerprint density at radius 3 is 2.53 bits per heavy atom. The Hall–Kier alpha value is -3.31. The fraction of sp³-hybridized carbons (Fsp3) is 0.333. The summed E-state index contributed by atoms with van der Waals surface area (Å²) in [5.74, 6) is 0.280. The first-order valence-corrected chi connectivity index (χ1v) is 11.9. The van der Waals surface area contributed by atoms with Crippen LogP contribution in [0.1, 0.15) is 0 Å². The summed E-state index contributed by atoms with van der Waals surface area (Å²) in [5, 5.41) is 7.13. The number of amides is 1. The van der Waals surface area contributed by atoms with Crippen LogP contribution in [0.25, 0.3) is 10.9 Å². The smallest absolute Gasteiger partial charge is 0.241 e. The molecule has 3 aromatic rings. The maximum Gasteiger partial charge on any atom is 0.241 e. The lowest BCUT2D eigenvalue weighted by atomic mass is 10.2. The highest BCUT2D eigenvalue weighted by molar-refractivity contribution is 7.89. The molecule has 168 valence electrons. The molecule has 0 saturated carbocycles. The number of fused-ring (bicyclic) bond motifs is 1. The molecule has 0 bridgehead atoms. The predicted molar refractivity (Wildman–Crippen MR) is 121 cm³/mol. The summed E-state index contributed by atoms with van der Waals surface area (Å²) >= 11 is 0. The third-order valence-electron chi connectivity index (χ3n) is 5.34. The molecule has 0 aliphatic carbocycles. The number of hydrogen-bond donors (Lipinski definition) is 1. The van der Waals surface area contributed by atoms with E-state index in [-0.39, 0.29) is 30.2 Å². The van der Waals surface area contributed by atoms with E-state index in [1.165, 1.54) is 15.2 Å². The van der Waals surface area contributed by atoms with E-state index in [2.05, 4.69) is 20.3 Å². The number of carbonyl (C=O) groups is 1. The minimum Gasteiger partial charge on any atom is -0.354 e. The first kappa shape index (κ1) is 21.9. The Balaban J connectivity index is 1.28. The van der Waals surface area contributed by atoms with Crippen molar-refractivity contribution in [2.24, 2.45) is 0 Å². The predicted octanol–water partition coefficient (Wildman–Crippen LogP) is 0.0597. The molecule has 1 saturated heterocycles. The molecule has 1 amide bonds. The normalized spacial score (nSPS) is 15.1. The third-order valence-corrected chi connectivity index (χ3v) is 7.21. The highest BCUT2D eigenvalue weighted by Crippen LogP contribution is 2.14. The van der Waals surface area contributed by atoms with Crippen molar-refractivity contribution in [1.82, 2.24) is 24.4 Å². The van der Waals surface area contributed by atoms with Gasteiger partial charge in [0.25, 0.3) is 0 Å². The lowest BCUT2D eigenvalue weighted by Crippen LogP contribution is -2.50. The molecule has 11 heteroatoms. The number of para-hydroxylation sites is 1. The molecule has 1 aromatic carbocycles. The zero-order valence-corrected chi connectivity index (χ0v) is 18.2. The van der Waals surface area contributed by atoms with Gasteiger partial charge in [0.15, 0.2) is 0 Å². The van der Waals surface area contributed by atoms with Gasteiger partial charge in [-0.1, -0.05) is 18.2 Å². The molecule has 0 radical (unpaired) electrons. The van der Waals surface area contributed by atoms with Gasteiger partial charge in [0.05, 0.1) is 17.5 Å².